The van der Waals surface area contributed by atoms with Crippen LogP contribution in [0.15, 0.2) is 56.6 Å². The number of carbonyl (C=O) groups excluding carboxylic acids is 2. The largest absolute Gasteiger partial charge is 0.459 e. The molecule has 0 radical (unpaired) electrons. The van der Waals surface area contributed by atoms with Crippen molar-refractivity contribution in [2.24, 2.45) is 0 Å². The topological polar surface area (TPSA) is 115 Å². The Morgan fingerprint density at radius 1 is 1.13 bits per heavy atom. The quantitative estimate of drug-likeness (QED) is 0.295. The Bertz CT molecular complexity index is 1150. The maximum Gasteiger partial charge on any atom is 0.305 e. The second kappa shape index (κ2) is 9.98. The number of nitrogens with zero attached hydrogens (tertiary/aromatic N) is 4. The first-order valence-electron chi connectivity index (χ1n) is 9.30. The number of rotatable bonds is 8. The highest BCUT2D eigenvalue weighted by molar-refractivity contribution is 8.00. The molecule has 9 nitrogen and oxygen atoms in total. The molecule has 0 spiro atoms. The van der Waals surface area contributed by atoms with E-state index in [4.69, 9.17) is 4.42 Å². The Morgan fingerprint density at radius 3 is 2.77 bits per heavy atom. The molecule has 0 atom stereocenters. The molecule has 0 saturated heterocycles. The zero-order valence-electron chi connectivity index (χ0n) is 16.4. The number of aromatic nitrogens is 4. The van der Waals surface area contributed by atoms with Crippen molar-refractivity contribution in [3.05, 3.63) is 54.2 Å². The summed E-state index contributed by atoms with van der Waals surface area (Å²) in [5, 5.41) is 9.14. The van der Waals surface area contributed by atoms with E-state index in [-0.39, 0.29) is 17.4 Å². The fourth-order valence-corrected chi connectivity index (χ4v) is 5.48. The molecule has 3 aromatic heterocycles. The molecular formula is C19H18N6O3S3. The van der Waals surface area contributed by atoms with E-state index in [0.29, 0.717) is 17.5 Å². The SMILES string of the molecule is CCn1c(CSc2nc3ccccc3s2)nnc1SCC(=O)NNC(=O)c1ccco1. The molecule has 31 heavy (non-hydrogen) atoms. The minimum atomic E-state index is -0.519. The number of hydrogen-bond acceptors (Lipinski definition) is 9. The molecule has 4 rings (SSSR count). The Balaban J connectivity index is 1.30. The highest BCUT2D eigenvalue weighted by atomic mass is 32.2. The van der Waals surface area contributed by atoms with Crippen molar-refractivity contribution >= 4 is 56.9 Å². The summed E-state index contributed by atoms with van der Waals surface area (Å²) in [6.07, 6.45) is 1.39. The van der Waals surface area contributed by atoms with Gasteiger partial charge in [0.2, 0.25) is 5.91 Å². The number of hydrogen-bond donors (Lipinski definition) is 2. The van der Waals surface area contributed by atoms with Gasteiger partial charge in [-0.1, -0.05) is 35.7 Å². The third-order valence-electron chi connectivity index (χ3n) is 4.10. The molecule has 0 bridgehead atoms. The summed E-state index contributed by atoms with van der Waals surface area (Å²) < 4.78 is 9.07. The van der Waals surface area contributed by atoms with Gasteiger partial charge in [0.1, 0.15) is 5.82 Å². The first kappa shape index (κ1) is 21.4. The number of carbonyl (C=O) groups is 2. The van der Waals surface area contributed by atoms with E-state index < -0.39 is 5.91 Å². The number of thiazole rings is 1. The van der Waals surface area contributed by atoms with Crippen LogP contribution in [0.1, 0.15) is 23.3 Å². The zero-order valence-corrected chi connectivity index (χ0v) is 18.9. The van der Waals surface area contributed by atoms with Gasteiger partial charge in [0.15, 0.2) is 15.3 Å². The number of fused-ring (bicyclic) bond motifs is 1. The van der Waals surface area contributed by atoms with Crippen LogP contribution in [0.4, 0.5) is 0 Å². The molecule has 0 saturated carbocycles. The lowest BCUT2D eigenvalue weighted by Gasteiger charge is -2.07. The molecule has 0 aliphatic rings. The summed E-state index contributed by atoms with van der Waals surface area (Å²) in [7, 11) is 0. The predicted molar refractivity (Wildman–Crippen MR) is 120 cm³/mol. The third-order valence-corrected chi connectivity index (χ3v) is 7.24. The van der Waals surface area contributed by atoms with Crippen LogP contribution in [0.2, 0.25) is 0 Å². The standard InChI is InChI=1S/C19H18N6O3S3/c1-2-25-15(10-30-19-20-12-6-3-4-8-14(12)31-19)21-24-18(25)29-11-16(26)22-23-17(27)13-7-5-9-28-13/h3-9H,2,10-11H2,1H3,(H,22,26)(H,23,27). The lowest BCUT2D eigenvalue weighted by molar-refractivity contribution is -0.119. The first-order chi connectivity index (χ1) is 15.1. The number of furan rings is 1. The average Bonchev–Trinajstić information content (AvgIpc) is 3.53. The Morgan fingerprint density at radius 2 is 2.00 bits per heavy atom. The van der Waals surface area contributed by atoms with E-state index in [1.807, 2.05) is 29.7 Å². The van der Waals surface area contributed by atoms with Crippen molar-refractivity contribution in [3.8, 4) is 0 Å². The van der Waals surface area contributed by atoms with Crippen LogP contribution in [-0.2, 0) is 17.1 Å². The van der Waals surface area contributed by atoms with Crippen LogP contribution in [0.5, 0.6) is 0 Å². The van der Waals surface area contributed by atoms with Gasteiger partial charge in [-0.05, 0) is 31.2 Å². The van der Waals surface area contributed by atoms with Gasteiger partial charge >= 0.3 is 5.91 Å². The maximum absolute atomic E-state index is 12.0. The highest BCUT2D eigenvalue weighted by Crippen LogP contribution is 2.31. The summed E-state index contributed by atoms with van der Waals surface area (Å²) >= 11 is 4.52. The van der Waals surface area contributed by atoms with Crippen LogP contribution >= 0.6 is 34.9 Å². The smallest absolute Gasteiger partial charge is 0.305 e. The summed E-state index contributed by atoms with van der Waals surface area (Å²) in [4.78, 5) is 28.4. The molecule has 4 aromatic rings. The second-order valence-electron chi connectivity index (χ2n) is 6.15. The predicted octanol–water partition coefficient (Wildman–Crippen LogP) is 3.35. The van der Waals surface area contributed by atoms with Gasteiger partial charge in [-0.3, -0.25) is 20.4 Å². The molecule has 2 amide bonds. The first-order valence-corrected chi connectivity index (χ1v) is 12.1. The molecule has 3 heterocycles. The molecule has 0 fully saturated rings. The van der Waals surface area contributed by atoms with Crippen molar-refractivity contribution in [2.45, 2.75) is 28.7 Å². The van der Waals surface area contributed by atoms with Crippen molar-refractivity contribution in [3.63, 3.8) is 0 Å². The van der Waals surface area contributed by atoms with E-state index in [0.717, 1.165) is 20.4 Å². The summed E-state index contributed by atoms with van der Waals surface area (Å²) in [6.45, 7) is 2.69. The molecule has 160 valence electrons. The average molecular weight is 475 g/mol. The lowest BCUT2D eigenvalue weighted by Crippen LogP contribution is -2.42. The van der Waals surface area contributed by atoms with E-state index in [9.17, 15) is 9.59 Å². The van der Waals surface area contributed by atoms with E-state index in [1.54, 1.807) is 29.2 Å². The molecule has 0 aliphatic heterocycles. The number of hydrazine groups is 1. The number of benzene rings is 1. The third kappa shape index (κ3) is 5.27. The zero-order chi connectivity index (χ0) is 21.6. The van der Waals surface area contributed by atoms with Gasteiger partial charge in [-0.2, -0.15) is 0 Å². The Labute approximate surface area is 190 Å². The van der Waals surface area contributed by atoms with Gasteiger partial charge in [0.05, 0.1) is 28.0 Å². The summed E-state index contributed by atoms with van der Waals surface area (Å²) in [6, 6.07) is 11.1. The fraction of sp³-hybridized carbons (Fsp3) is 0.211. The van der Waals surface area contributed by atoms with E-state index in [2.05, 4.69) is 32.1 Å². The van der Waals surface area contributed by atoms with Gasteiger partial charge in [0.25, 0.3) is 0 Å². The molecule has 0 unspecified atom stereocenters. The Hall–Kier alpha value is -2.83. The molecular weight excluding hydrogens is 456 g/mol. The number of para-hydroxylation sites is 1. The van der Waals surface area contributed by atoms with Crippen molar-refractivity contribution in [1.29, 1.82) is 0 Å². The molecule has 2 N–H and O–H groups in total. The van der Waals surface area contributed by atoms with Crippen LogP contribution in [-0.4, -0.2) is 37.3 Å². The fourth-order valence-electron chi connectivity index (χ4n) is 2.65. The second-order valence-corrected chi connectivity index (χ2v) is 9.34. The van der Waals surface area contributed by atoms with Crippen molar-refractivity contribution < 1.29 is 14.0 Å². The number of amides is 2. The highest BCUT2D eigenvalue weighted by Gasteiger charge is 2.15. The summed E-state index contributed by atoms with van der Waals surface area (Å²) in [5.41, 5.74) is 5.66. The number of nitrogens with one attached hydrogen (secondary N) is 2. The van der Waals surface area contributed by atoms with E-state index >= 15 is 0 Å². The van der Waals surface area contributed by atoms with E-state index in [1.165, 1.54) is 24.1 Å². The van der Waals surface area contributed by atoms with Crippen molar-refractivity contribution in [1.82, 2.24) is 30.6 Å². The van der Waals surface area contributed by atoms with Crippen LogP contribution < -0.4 is 10.9 Å². The maximum atomic E-state index is 12.0. The van der Waals surface area contributed by atoms with Gasteiger partial charge < -0.3 is 8.98 Å². The van der Waals surface area contributed by atoms with Gasteiger partial charge in [0, 0.05) is 6.54 Å². The molecule has 0 aliphatic carbocycles. The van der Waals surface area contributed by atoms with Crippen LogP contribution in [0.25, 0.3) is 10.2 Å². The normalized spacial score (nSPS) is 11.0. The minimum absolute atomic E-state index is 0.0849. The minimum Gasteiger partial charge on any atom is -0.459 e. The molecule has 12 heteroatoms. The van der Waals surface area contributed by atoms with Gasteiger partial charge in [-0.25, -0.2) is 4.98 Å². The lowest BCUT2D eigenvalue weighted by atomic mass is 10.3. The van der Waals surface area contributed by atoms with Crippen LogP contribution in [0.3, 0.4) is 0 Å². The molecule has 1 aromatic carbocycles. The summed E-state index contributed by atoms with van der Waals surface area (Å²) in [5.74, 6) is 0.777. The Kier molecular flexibility index (Phi) is 6.89. The monoisotopic (exact) mass is 474 g/mol. The number of thioether (sulfide) groups is 2. The van der Waals surface area contributed by atoms with Gasteiger partial charge in [-0.15, -0.1) is 21.5 Å². The van der Waals surface area contributed by atoms with Crippen LogP contribution in [0, 0.1) is 0 Å². The van der Waals surface area contributed by atoms with Crippen molar-refractivity contribution in [2.75, 3.05) is 5.75 Å².